The van der Waals surface area contributed by atoms with Crippen LogP contribution in [0.2, 0.25) is 5.15 Å². The fourth-order valence-electron chi connectivity index (χ4n) is 1.71. The largest absolute Gasteiger partial charge is 0.493 e. The lowest BCUT2D eigenvalue weighted by Crippen LogP contribution is -2.14. The van der Waals surface area contributed by atoms with Crippen molar-refractivity contribution >= 4 is 23.2 Å². The molecule has 2 rings (SSSR count). The summed E-state index contributed by atoms with van der Waals surface area (Å²) in [6, 6.07) is 6.05. The van der Waals surface area contributed by atoms with E-state index in [1.54, 1.807) is 18.2 Å². The van der Waals surface area contributed by atoms with Gasteiger partial charge in [-0.2, -0.15) is 0 Å². The Kier molecular flexibility index (Phi) is 4.59. The third-order valence-electron chi connectivity index (χ3n) is 2.73. The Morgan fingerprint density at radius 3 is 2.62 bits per heavy atom. The summed E-state index contributed by atoms with van der Waals surface area (Å²) >= 11 is 5.55. The van der Waals surface area contributed by atoms with Crippen LogP contribution in [-0.4, -0.2) is 25.1 Å². The maximum Gasteiger partial charge on any atom is 0.258 e. The molecule has 0 spiro atoms. The molecule has 0 fully saturated rings. The molecule has 1 N–H and O–H groups in total. The molecule has 110 valence electrons. The first-order valence-corrected chi connectivity index (χ1v) is 6.28. The minimum Gasteiger partial charge on any atom is -0.493 e. The third-order valence-corrected chi connectivity index (χ3v) is 3.00. The van der Waals surface area contributed by atoms with Gasteiger partial charge in [0.2, 0.25) is 0 Å². The first kappa shape index (κ1) is 15.1. The topological polar surface area (TPSA) is 60.5 Å². The summed E-state index contributed by atoms with van der Waals surface area (Å²) in [5.41, 5.74) is 0.245. The van der Waals surface area contributed by atoms with Crippen LogP contribution in [0.5, 0.6) is 11.5 Å². The summed E-state index contributed by atoms with van der Waals surface area (Å²) in [7, 11) is 2.98. The SMILES string of the molecule is COc1ccc(NC(=O)c2ccnc(Cl)c2F)cc1OC. The van der Waals surface area contributed by atoms with Gasteiger partial charge in [-0.3, -0.25) is 4.79 Å². The van der Waals surface area contributed by atoms with Crippen LogP contribution in [0.3, 0.4) is 0 Å². The quantitative estimate of drug-likeness (QED) is 0.881. The molecule has 0 bridgehead atoms. The number of nitrogens with zero attached hydrogens (tertiary/aromatic N) is 1. The molecule has 2 aromatic rings. The number of anilines is 1. The molecular weight excluding hydrogens is 299 g/mol. The van der Waals surface area contributed by atoms with Gasteiger partial charge in [-0.15, -0.1) is 0 Å². The van der Waals surface area contributed by atoms with Crippen molar-refractivity contribution < 1.29 is 18.7 Å². The van der Waals surface area contributed by atoms with Crippen LogP contribution in [-0.2, 0) is 0 Å². The highest BCUT2D eigenvalue weighted by molar-refractivity contribution is 6.30. The Hall–Kier alpha value is -2.34. The van der Waals surface area contributed by atoms with Gasteiger partial charge in [-0.05, 0) is 18.2 Å². The Morgan fingerprint density at radius 1 is 1.24 bits per heavy atom. The Bertz CT molecular complexity index is 679. The number of methoxy groups -OCH3 is 2. The standard InChI is InChI=1S/C14H12ClFN2O3/c1-20-10-4-3-8(7-11(10)21-2)18-14(19)9-5-6-17-13(15)12(9)16/h3-7H,1-2H3,(H,18,19). The summed E-state index contributed by atoms with van der Waals surface area (Å²) in [6.07, 6.45) is 1.26. The summed E-state index contributed by atoms with van der Waals surface area (Å²) in [5, 5.41) is 2.20. The van der Waals surface area contributed by atoms with Crippen molar-refractivity contribution in [2.75, 3.05) is 19.5 Å². The number of pyridine rings is 1. The van der Waals surface area contributed by atoms with E-state index in [1.807, 2.05) is 0 Å². The van der Waals surface area contributed by atoms with Crippen molar-refractivity contribution in [3.8, 4) is 11.5 Å². The second-order valence-electron chi connectivity index (χ2n) is 3.99. The molecule has 0 aliphatic rings. The van der Waals surface area contributed by atoms with Gasteiger partial charge >= 0.3 is 0 Å². The molecular formula is C14H12ClFN2O3. The number of benzene rings is 1. The van der Waals surface area contributed by atoms with E-state index in [-0.39, 0.29) is 10.7 Å². The number of amides is 1. The molecule has 1 heterocycles. The molecule has 1 aromatic heterocycles. The van der Waals surface area contributed by atoms with Crippen LogP contribution in [0.25, 0.3) is 0 Å². The number of ether oxygens (including phenoxy) is 2. The summed E-state index contributed by atoms with van der Waals surface area (Å²) in [6.45, 7) is 0. The Labute approximate surface area is 125 Å². The van der Waals surface area contributed by atoms with E-state index < -0.39 is 11.7 Å². The fraction of sp³-hybridized carbons (Fsp3) is 0.143. The zero-order chi connectivity index (χ0) is 15.4. The minimum atomic E-state index is -0.864. The number of carbonyl (C=O) groups excluding carboxylic acids is 1. The van der Waals surface area contributed by atoms with Crippen LogP contribution in [0.15, 0.2) is 30.5 Å². The Balaban J connectivity index is 2.25. The molecule has 5 nitrogen and oxygen atoms in total. The average Bonchev–Trinajstić information content (AvgIpc) is 2.49. The van der Waals surface area contributed by atoms with E-state index in [0.29, 0.717) is 17.2 Å². The van der Waals surface area contributed by atoms with Gasteiger partial charge in [-0.1, -0.05) is 11.6 Å². The lowest BCUT2D eigenvalue weighted by atomic mass is 10.2. The van der Waals surface area contributed by atoms with Gasteiger partial charge < -0.3 is 14.8 Å². The summed E-state index contributed by atoms with van der Waals surface area (Å²) < 4.78 is 23.9. The van der Waals surface area contributed by atoms with Crippen molar-refractivity contribution in [3.05, 3.63) is 47.0 Å². The normalized spacial score (nSPS) is 10.1. The van der Waals surface area contributed by atoms with Crippen molar-refractivity contribution in [3.63, 3.8) is 0 Å². The van der Waals surface area contributed by atoms with Gasteiger partial charge in [0.1, 0.15) is 0 Å². The lowest BCUT2D eigenvalue weighted by molar-refractivity contribution is 0.102. The smallest absolute Gasteiger partial charge is 0.258 e. The number of halogens is 2. The molecule has 0 saturated carbocycles. The minimum absolute atomic E-state index is 0.190. The maximum atomic E-state index is 13.7. The third kappa shape index (κ3) is 3.22. The summed E-state index contributed by atoms with van der Waals surface area (Å²) in [4.78, 5) is 15.6. The Morgan fingerprint density at radius 2 is 1.95 bits per heavy atom. The van der Waals surface area contributed by atoms with E-state index >= 15 is 0 Å². The predicted molar refractivity (Wildman–Crippen MR) is 76.7 cm³/mol. The molecule has 21 heavy (non-hydrogen) atoms. The van der Waals surface area contributed by atoms with E-state index in [1.165, 1.54) is 26.5 Å². The first-order chi connectivity index (χ1) is 10.1. The number of hydrogen-bond donors (Lipinski definition) is 1. The number of aromatic nitrogens is 1. The molecule has 0 atom stereocenters. The zero-order valence-electron chi connectivity index (χ0n) is 11.3. The highest BCUT2D eigenvalue weighted by Gasteiger charge is 2.16. The van der Waals surface area contributed by atoms with E-state index in [0.717, 1.165) is 0 Å². The molecule has 1 amide bonds. The van der Waals surface area contributed by atoms with Gasteiger partial charge in [-0.25, -0.2) is 9.37 Å². The number of carbonyl (C=O) groups is 1. The number of hydrogen-bond acceptors (Lipinski definition) is 4. The van der Waals surface area contributed by atoms with Crippen LogP contribution < -0.4 is 14.8 Å². The molecule has 0 aliphatic heterocycles. The highest BCUT2D eigenvalue weighted by atomic mass is 35.5. The highest BCUT2D eigenvalue weighted by Crippen LogP contribution is 2.30. The first-order valence-electron chi connectivity index (χ1n) is 5.90. The number of rotatable bonds is 4. The molecule has 0 aliphatic carbocycles. The number of nitrogens with one attached hydrogen (secondary N) is 1. The molecule has 0 unspecified atom stereocenters. The predicted octanol–water partition coefficient (Wildman–Crippen LogP) is 3.14. The van der Waals surface area contributed by atoms with Crippen LogP contribution in [0.4, 0.5) is 10.1 Å². The van der Waals surface area contributed by atoms with Crippen molar-refractivity contribution in [1.82, 2.24) is 4.98 Å². The van der Waals surface area contributed by atoms with Gasteiger partial charge in [0.25, 0.3) is 5.91 Å². The zero-order valence-corrected chi connectivity index (χ0v) is 12.1. The molecule has 7 heteroatoms. The van der Waals surface area contributed by atoms with Crippen molar-refractivity contribution in [1.29, 1.82) is 0 Å². The molecule has 1 aromatic carbocycles. The van der Waals surface area contributed by atoms with Crippen LogP contribution >= 0.6 is 11.6 Å². The molecule has 0 saturated heterocycles. The fourth-order valence-corrected chi connectivity index (χ4v) is 1.86. The van der Waals surface area contributed by atoms with Crippen LogP contribution in [0.1, 0.15) is 10.4 Å². The van der Waals surface area contributed by atoms with E-state index in [9.17, 15) is 9.18 Å². The summed E-state index contributed by atoms with van der Waals surface area (Å²) in [5.74, 6) is -0.529. The second kappa shape index (κ2) is 6.41. The van der Waals surface area contributed by atoms with E-state index in [2.05, 4.69) is 10.3 Å². The molecule has 0 radical (unpaired) electrons. The van der Waals surface area contributed by atoms with E-state index in [4.69, 9.17) is 21.1 Å². The maximum absolute atomic E-state index is 13.7. The van der Waals surface area contributed by atoms with Gasteiger partial charge in [0.15, 0.2) is 22.5 Å². The van der Waals surface area contributed by atoms with Gasteiger partial charge in [0, 0.05) is 18.0 Å². The lowest BCUT2D eigenvalue weighted by Gasteiger charge is -2.11. The van der Waals surface area contributed by atoms with Crippen LogP contribution in [0, 0.1) is 5.82 Å². The van der Waals surface area contributed by atoms with Crippen molar-refractivity contribution in [2.45, 2.75) is 0 Å². The second-order valence-corrected chi connectivity index (χ2v) is 4.35. The average molecular weight is 311 g/mol. The monoisotopic (exact) mass is 310 g/mol. The van der Waals surface area contributed by atoms with Gasteiger partial charge in [0.05, 0.1) is 19.8 Å². The van der Waals surface area contributed by atoms with Crippen molar-refractivity contribution in [2.24, 2.45) is 0 Å².